The molecule has 3 aromatic carbocycles. The van der Waals surface area contributed by atoms with Crippen molar-refractivity contribution in [3.05, 3.63) is 89.2 Å². The van der Waals surface area contributed by atoms with E-state index in [1.807, 2.05) is 42.5 Å². The van der Waals surface area contributed by atoms with Crippen LogP contribution in [0.15, 0.2) is 71.1 Å². The average molecular weight is 470 g/mol. The van der Waals surface area contributed by atoms with Crippen molar-refractivity contribution in [1.82, 2.24) is 20.2 Å². The molecule has 0 aliphatic rings. The fraction of sp³-hybridized carbons (Fsp3) is 0.185. The molecule has 1 amide bonds. The van der Waals surface area contributed by atoms with Crippen LogP contribution < -0.4 is 5.73 Å². The number of amides is 1. The smallest absolute Gasteiger partial charge is 0.253 e. The molecule has 0 unspecified atom stereocenters. The van der Waals surface area contributed by atoms with Gasteiger partial charge in [0, 0.05) is 16.5 Å². The second kappa shape index (κ2) is 9.13. The standard InChI is InChI=1S/C27H24FN5O2/c1-16(2)15-33-31-27(30-32-33)20-5-3-4-17(13-20)12-18-6-11-23-22(14-18)24(26(29)34)25(35-23)19-7-9-21(28)10-8-19/h3-11,13-14,16H,12,15H2,1-2H3,(H2,29,34). The lowest BCUT2D eigenvalue weighted by Crippen LogP contribution is -2.11. The van der Waals surface area contributed by atoms with Gasteiger partial charge in [-0.15, -0.1) is 10.2 Å². The summed E-state index contributed by atoms with van der Waals surface area (Å²) in [4.78, 5) is 14.0. The molecule has 2 aromatic heterocycles. The van der Waals surface area contributed by atoms with Gasteiger partial charge in [-0.2, -0.15) is 4.80 Å². The number of carbonyl (C=O) groups is 1. The summed E-state index contributed by atoms with van der Waals surface area (Å²) in [6.07, 6.45) is 0.624. The van der Waals surface area contributed by atoms with Crippen molar-refractivity contribution >= 4 is 16.9 Å². The molecular weight excluding hydrogens is 445 g/mol. The van der Waals surface area contributed by atoms with Crippen LogP contribution in [0.1, 0.15) is 35.3 Å². The number of nitrogens with two attached hydrogens (primary N) is 1. The van der Waals surface area contributed by atoms with E-state index in [0.717, 1.165) is 16.7 Å². The summed E-state index contributed by atoms with van der Waals surface area (Å²) in [6, 6.07) is 19.5. The van der Waals surface area contributed by atoms with Gasteiger partial charge in [0.05, 0.1) is 12.1 Å². The van der Waals surface area contributed by atoms with Crippen molar-refractivity contribution in [2.24, 2.45) is 11.7 Å². The minimum Gasteiger partial charge on any atom is -0.455 e. The van der Waals surface area contributed by atoms with Crippen molar-refractivity contribution in [3.8, 4) is 22.7 Å². The highest BCUT2D eigenvalue weighted by molar-refractivity contribution is 6.10. The summed E-state index contributed by atoms with van der Waals surface area (Å²) in [5, 5.41) is 13.4. The van der Waals surface area contributed by atoms with Crippen LogP contribution in [0, 0.1) is 11.7 Å². The number of benzene rings is 3. The van der Waals surface area contributed by atoms with E-state index in [4.69, 9.17) is 10.2 Å². The van der Waals surface area contributed by atoms with Gasteiger partial charge in [-0.1, -0.05) is 38.1 Å². The zero-order chi connectivity index (χ0) is 24.5. The SMILES string of the molecule is CC(C)Cn1nnc(-c2cccc(Cc3ccc4oc(-c5ccc(F)cc5)c(C(N)=O)c4c3)c2)n1. The van der Waals surface area contributed by atoms with Crippen molar-refractivity contribution in [2.75, 3.05) is 0 Å². The largest absolute Gasteiger partial charge is 0.455 e. The zero-order valence-corrected chi connectivity index (χ0v) is 19.4. The average Bonchev–Trinajstić information content (AvgIpc) is 3.44. The second-order valence-corrected chi connectivity index (χ2v) is 8.95. The Morgan fingerprint density at radius 2 is 1.80 bits per heavy atom. The van der Waals surface area contributed by atoms with Gasteiger partial charge < -0.3 is 10.2 Å². The lowest BCUT2D eigenvalue weighted by molar-refractivity contribution is 0.100. The van der Waals surface area contributed by atoms with Crippen LogP contribution in [0.25, 0.3) is 33.7 Å². The molecule has 0 aliphatic heterocycles. The predicted octanol–water partition coefficient (Wildman–Crippen LogP) is 5.24. The van der Waals surface area contributed by atoms with Crippen LogP contribution in [0.3, 0.4) is 0 Å². The Morgan fingerprint density at radius 3 is 2.54 bits per heavy atom. The Kier molecular flexibility index (Phi) is 5.86. The van der Waals surface area contributed by atoms with Crippen molar-refractivity contribution < 1.29 is 13.6 Å². The Labute approximate surface area is 201 Å². The first-order valence-corrected chi connectivity index (χ1v) is 11.4. The fourth-order valence-electron chi connectivity index (χ4n) is 4.12. The van der Waals surface area contributed by atoms with Crippen LogP contribution in [0.5, 0.6) is 0 Å². The Balaban J connectivity index is 1.47. The zero-order valence-electron chi connectivity index (χ0n) is 19.4. The molecule has 0 saturated heterocycles. The molecule has 0 saturated carbocycles. The number of fused-ring (bicyclic) bond motifs is 1. The summed E-state index contributed by atoms with van der Waals surface area (Å²) in [6.45, 7) is 4.92. The van der Waals surface area contributed by atoms with Gasteiger partial charge in [-0.25, -0.2) is 4.39 Å². The molecule has 2 N–H and O–H groups in total. The summed E-state index contributed by atoms with van der Waals surface area (Å²) >= 11 is 0. The molecule has 0 aliphatic carbocycles. The molecule has 0 atom stereocenters. The quantitative estimate of drug-likeness (QED) is 0.351. The van der Waals surface area contributed by atoms with E-state index in [2.05, 4.69) is 29.3 Å². The first-order valence-electron chi connectivity index (χ1n) is 11.4. The summed E-state index contributed by atoms with van der Waals surface area (Å²) < 4.78 is 19.3. The molecular formula is C27H24FN5O2. The molecule has 5 rings (SSSR count). The molecule has 35 heavy (non-hydrogen) atoms. The number of primary amides is 1. The Hall–Kier alpha value is -4.33. The van der Waals surface area contributed by atoms with Crippen molar-refractivity contribution in [2.45, 2.75) is 26.8 Å². The van der Waals surface area contributed by atoms with E-state index in [-0.39, 0.29) is 11.4 Å². The van der Waals surface area contributed by atoms with Gasteiger partial charge in [0.15, 0.2) is 0 Å². The van der Waals surface area contributed by atoms with E-state index in [1.54, 1.807) is 16.9 Å². The second-order valence-electron chi connectivity index (χ2n) is 8.95. The van der Waals surface area contributed by atoms with Crippen LogP contribution in [-0.4, -0.2) is 26.1 Å². The molecule has 5 aromatic rings. The fourth-order valence-corrected chi connectivity index (χ4v) is 4.12. The predicted molar refractivity (Wildman–Crippen MR) is 131 cm³/mol. The monoisotopic (exact) mass is 469 g/mol. The van der Waals surface area contributed by atoms with E-state index < -0.39 is 5.91 Å². The van der Waals surface area contributed by atoms with Crippen LogP contribution in [-0.2, 0) is 13.0 Å². The minimum absolute atomic E-state index is 0.285. The number of nitrogens with zero attached hydrogens (tertiary/aromatic N) is 4. The maximum atomic E-state index is 13.4. The summed E-state index contributed by atoms with van der Waals surface area (Å²) in [5.74, 6) is 0.375. The van der Waals surface area contributed by atoms with Gasteiger partial charge in [-0.05, 0) is 71.1 Å². The topological polar surface area (TPSA) is 99.8 Å². The number of hydrogen-bond acceptors (Lipinski definition) is 5. The molecule has 0 fully saturated rings. The summed E-state index contributed by atoms with van der Waals surface area (Å²) in [7, 11) is 0. The maximum Gasteiger partial charge on any atom is 0.253 e. The van der Waals surface area contributed by atoms with Gasteiger partial charge in [0.2, 0.25) is 5.82 Å². The molecule has 0 spiro atoms. The number of aromatic nitrogens is 4. The van der Waals surface area contributed by atoms with Gasteiger partial charge in [-0.3, -0.25) is 4.79 Å². The van der Waals surface area contributed by atoms with Crippen molar-refractivity contribution in [1.29, 1.82) is 0 Å². The lowest BCUT2D eigenvalue weighted by Gasteiger charge is -2.05. The first-order chi connectivity index (χ1) is 16.9. The van der Waals surface area contributed by atoms with Crippen LogP contribution in [0.2, 0.25) is 0 Å². The lowest BCUT2D eigenvalue weighted by atomic mass is 9.99. The highest BCUT2D eigenvalue weighted by Crippen LogP contribution is 2.34. The van der Waals surface area contributed by atoms with Gasteiger partial charge in [0.1, 0.15) is 17.2 Å². The van der Waals surface area contributed by atoms with E-state index >= 15 is 0 Å². The number of hydrogen-bond donors (Lipinski definition) is 1. The third-order valence-electron chi connectivity index (χ3n) is 5.68. The molecule has 0 bridgehead atoms. The molecule has 176 valence electrons. The molecule has 8 heteroatoms. The number of tetrazole rings is 1. The number of furan rings is 1. The maximum absolute atomic E-state index is 13.4. The van der Waals surface area contributed by atoms with Gasteiger partial charge >= 0.3 is 0 Å². The molecule has 0 radical (unpaired) electrons. The van der Waals surface area contributed by atoms with E-state index in [0.29, 0.717) is 47.0 Å². The third-order valence-corrected chi connectivity index (χ3v) is 5.68. The van der Waals surface area contributed by atoms with Crippen LogP contribution >= 0.6 is 0 Å². The normalized spacial score (nSPS) is 11.4. The number of halogens is 1. The third kappa shape index (κ3) is 4.68. The molecule has 2 heterocycles. The van der Waals surface area contributed by atoms with Crippen molar-refractivity contribution in [3.63, 3.8) is 0 Å². The Bertz CT molecular complexity index is 1520. The highest BCUT2D eigenvalue weighted by atomic mass is 19.1. The van der Waals surface area contributed by atoms with E-state index in [1.165, 1.54) is 12.1 Å². The molecule has 7 nitrogen and oxygen atoms in total. The highest BCUT2D eigenvalue weighted by Gasteiger charge is 2.21. The summed E-state index contributed by atoms with van der Waals surface area (Å²) in [5.41, 5.74) is 10.1. The first kappa shape index (κ1) is 22.5. The van der Waals surface area contributed by atoms with Crippen LogP contribution in [0.4, 0.5) is 4.39 Å². The van der Waals surface area contributed by atoms with E-state index in [9.17, 15) is 9.18 Å². The number of carbonyl (C=O) groups excluding carboxylic acids is 1. The minimum atomic E-state index is -0.599. The Morgan fingerprint density at radius 1 is 1.03 bits per heavy atom. The number of rotatable bonds is 7. The van der Waals surface area contributed by atoms with Gasteiger partial charge in [0.25, 0.3) is 5.91 Å².